The molecule has 1 fully saturated rings. The second-order valence-corrected chi connectivity index (χ2v) is 11.9. The molecule has 0 saturated carbocycles. The van der Waals surface area contributed by atoms with E-state index in [4.69, 9.17) is 14.8 Å². The van der Waals surface area contributed by atoms with Crippen LogP contribution in [0.2, 0.25) is 0 Å². The van der Waals surface area contributed by atoms with Crippen LogP contribution in [0.4, 0.5) is 4.79 Å². The van der Waals surface area contributed by atoms with Gasteiger partial charge in [0.1, 0.15) is 5.60 Å². The highest BCUT2D eigenvalue weighted by atomic mass is 16.6. The highest BCUT2D eigenvalue weighted by Crippen LogP contribution is 2.27. The first-order chi connectivity index (χ1) is 18.9. The van der Waals surface area contributed by atoms with Crippen molar-refractivity contribution >= 4 is 11.7 Å². The zero-order valence-corrected chi connectivity index (χ0v) is 24.3. The summed E-state index contributed by atoms with van der Waals surface area (Å²) < 4.78 is 9.15. The highest BCUT2D eigenvalue weighted by Gasteiger charge is 2.36. The standard InChI is InChI=1S/C30H39N7O3/c1-7-26-25(27-31-20(2)16-21(3)37(27)33-26)17-22-8-10-24(11-9-22)36-19-23(32-34-36)18-30(39)12-14-35(15-13-30)28(38)40-29(4,5)6/h8-11,16,19,39H,7,12-15,17-18H2,1-6H3. The van der Waals surface area contributed by atoms with Crippen LogP contribution in [0.1, 0.15) is 74.4 Å². The Kier molecular flexibility index (Phi) is 7.39. The van der Waals surface area contributed by atoms with E-state index < -0.39 is 11.2 Å². The molecule has 3 aromatic heterocycles. The molecule has 0 bridgehead atoms. The number of carbonyl (C=O) groups excluding carboxylic acids is 1. The summed E-state index contributed by atoms with van der Waals surface area (Å²) >= 11 is 0. The lowest BCUT2D eigenvalue weighted by Gasteiger charge is -2.38. The fourth-order valence-corrected chi connectivity index (χ4v) is 5.30. The van der Waals surface area contributed by atoms with Crippen LogP contribution in [0.3, 0.4) is 0 Å². The van der Waals surface area contributed by atoms with Crippen molar-refractivity contribution in [1.29, 1.82) is 0 Å². The van der Waals surface area contributed by atoms with Crippen molar-refractivity contribution < 1.29 is 14.6 Å². The molecule has 1 aromatic carbocycles. The van der Waals surface area contributed by atoms with Crippen molar-refractivity contribution in [3.05, 3.63) is 70.4 Å². The molecule has 0 spiro atoms. The molecule has 5 rings (SSSR count). The molecular weight excluding hydrogens is 506 g/mol. The highest BCUT2D eigenvalue weighted by molar-refractivity contribution is 5.68. The predicted molar refractivity (Wildman–Crippen MR) is 152 cm³/mol. The van der Waals surface area contributed by atoms with Gasteiger partial charge in [-0.1, -0.05) is 24.3 Å². The molecule has 10 heteroatoms. The van der Waals surface area contributed by atoms with Crippen LogP contribution >= 0.6 is 0 Å². The molecule has 40 heavy (non-hydrogen) atoms. The van der Waals surface area contributed by atoms with E-state index in [1.54, 1.807) is 9.58 Å². The van der Waals surface area contributed by atoms with Gasteiger partial charge in [0.15, 0.2) is 5.65 Å². The third-order valence-electron chi connectivity index (χ3n) is 7.39. The maximum atomic E-state index is 12.4. The Morgan fingerprint density at radius 2 is 1.82 bits per heavy atom. The van der Waals surface area contributed by atoms with Crippen molar-refractivity contribution in [2.75, 3.05) is 13.1 Å². The van der Waals surface area contributed by atoms with Crippen LogP contribution in [-0.2, 0) is 24.0 Å². The molecule has 1 aliphatic rings. The van der Waals surface area contributed by atoms with Gasteiger partial charge in [-0.3, -0.25) is 0 Å². The number of fused-ring (bicyclic) bond motifs is 1. The van der Waals surface area contributed by atoms with E-state index in [2.05, 4.69) is 42.4 Å². The van der Waals surface area contributed by atoms with Gasteiger partial charge in [-0.15, -0.1) is 5.10 Å². The lowest BCUT2D eigenvalue weighted by molar-refractivity contribution is -0.0320. The number of ether oxygens (including phenoxy) is 1. The fourth-order valence-electron chi connectivity index (χ4n) is 5.30. The molecule has 0 aliphatic carbocycles. The smallest absolute Gasteiger partial charge is 0.410 e. The second-order valence-electron chi connectivity index (χ2n) is 11.9. The number of likely N-dealkylation sites (tertiary alicyclic amines) is 1. The normalized spacial score (nSPS) is 15.5. The number of hydrogen-bond donors (Lipinski definition) is 1. The first-order valence-electron chi connectivity index (χ1n) is 14.0. The third kappa shape index (κ3) is 6.01. The Morgan fingerprint density at radius 1 is 1.12 bits per heavy atom. The number of carbonyl (C=O) groups is 1. The Hall–Kier alpha value is -3.79. The van der Waals surface area contributed by atoms with Gasteiger partial charge in [-0.05, 0) is 77.6 Å². The van der Waals surface area contributed by atoms with E-state index in [1.807, 2.05) is 50.5 Å². The maximum absolute atomic E-state index is 12.4. The van der Waals surface area contributed by atoms with Crippen molar-refractivity contribution in [2.24, 2.45) is 0 Å². The number of nitrogens with zero attached hydrogens (tertiary/aromatic N) is 7. The molecule has 4 heterocycles. The lowest BCUT2D eigenvalue weighted by Crippen LogP contribution is -2.49. The third-order valence-corrected chi connectivity index (χ3v) is 7.39. The van der Waals surface area contributed by atoms with Crippen LogP contribution in [0, 0.1) is 13.8 Å². The minimum Gasteiger partial charge on any atom is -0.444 e. The summed E-state index contributed by atoms with van der Waals surface area (Å²) in [5, 5.41) is 24.6. The maximum Gasteiger partial charge on any atom is 0.410 e. The molecule has 1 saturated heterocycles. The minimum atomic E-state index is -0.931. The number of aryl methyl sites for hydroxylation is 3. The zero-order valence-electron chi connectivity index (χ0n) is 24.3. The van der Waals surface area contributed by atoms with E-state index in [-0.39, 0.29) is 6.09 Å². The molecule has 1 aliphatic heterocycles. The van der Waals surface area contributed by atoms with E-state index in [0.29, 0.717) is 38.0 Å². The number of aliphatic hydroxyl groups is 1. The molecule has 4 aromatic rings. The Bertz CT molecular complexity index is 1510. The lowest BCUT2D eigenvalue weighted by atomic mass is 9.87. The largest absolute Gasteiger partial charge is 0.444 e. The van der Waals surface area contributed by atoms with E-state index in [1.165, 1.54) is 5.56 Å². The van der Waals surface area contributed by atoms with E-state index in [9.17, 15) is 9.90 Å². The zero-order chi connectivity index (χ0) is 28.7. The molecule has 0 atom stereocenters. The van der Waals surface area contributed by atoms with Crippen LogP contribution in [0.15, 0.2) is 36.5 Å². The fraction of sp³-hybridized carbons (Fsp3) is 0.500. The van der Waals surface area contributed by atoms with Gasteiger partial charge in [0.25, 0.3) is 0 Å². The number of hydrogen-bond acceptors (Lipinski definition) is 7. The Morgan fingerprint density at radius 3 is 2.48 bits per heavy atom. The quantitative estimate of drug-likeness (QED) is 0.383. The first kappa shape index (κ1) is 27.8. The SMILES string of the molecule is CCc1nn2c(C)cc(C)nc2c1Cc1ccc(-n2cc(CC3(O)CCN(C(=O)OC(C)(C)C)CC3)nn2)cc1. The molecule has 0 radical (unpaired) electrons. The molecule has 10 nitrogen and oxygen atoms in total. The summed E-state index contributed by atoms with van der Waals surface area (Å²) in [6, 6.07) is 10.3. The summed E-state index contributed by atoms with van der Waals surface area (Å²) in [5.74, 6) is 0. The monoisotopic (exact) mass is 545 g/mol. The minimum absolute atomic E-state index is 0.335. The average Bonchev–Trinajstić information content (AvgIpc) is 3.48. The first-order valence-corrected chi connectivity index (χ1v) is 14.0. The topological polar surface area (TPSA) is 111 Å². The summed E-state index contributed by atoms with van der Waals surface area (Å²) in [7, 11) is 0. The van der Waals surface area contributed by atoms with Gasteiger partial charge in [0.05, 0.1) is 28.9 Å². The van der Waals surface area contributed by atoms with Crippen molar-refractivity contribution in [2.45, 2.75) is 84.8 Å². The van der Waals surface area contributed by atoms with Gasteiger partial charge in [-0.2, -0.15) is 5.10 Å². The number of rotatable bonds is 6. The summed E-state index contributed by atoms with van der Waals surface area (Å²) in [5.41, 5.74) is 6.54. The van der Waals surface area contributed by atoms with Crippen LogP contribution in [-0.4, -0.2) is 70.0 Å². The average molecular weight is 546 g/mol. The molecule has 1 N–H and O–H groups in total. The predicted octanol–water partition coefficient (Wildman–Crippen LogP) is 4.38. The van der Waals surface area contributed by atoms with Gasteiger partial charge < -0.3 is 14.7 Å². The van der Waals surface area contributed by atoms with E-state index in [0.717, 1.165) is 46.8 Å². The Labute approximate surface area is 235 Å². The van der Waals surface area contributed by atoms with Crippen molar-refractivity contribution in [1.82, 2.24) is 34.5 Å². The number of amides is 1. The van der Waals surface area contributed by atoms with Gasteiger partial charge in [-0.25, -0.2) is 19.0 Å². The molecule has 0 unspecified atom stereocenters. The molecular formula is C30H39N7O3. The number of aromatic nitrogens is 6. The van der Waals surface area contributed by atoms with Gasteiger partial charge in [0.2, 0.25) is 0 Å². The summed E-state index contributed by atoms with van der Waals surface area (Å²) in [6.07, 6.45) is 4.44. The molecule has 1 amide bonds. The van der Waals surface area contributed by atoms with Crippen molar-refractivity contribution in [3.63, 3.8) is 0 Å². The van der Waals surface area contributed by atoms with E-state index >= 15 is 0 Å². The van der Waals surface area contributed by atoms with Crippen LogP contribution in [0.25, 0.3) is 11.3 Å². The van der Waals surface area contributed by atoms with Crippen LogP contribution < -0.4 is 0 Å². The van der Waals surface area contributed by atoms with Crippen molar-refractivity contribution in [3.8, 4) is 5.69 Å². The summed E-state index contributed by atoms with van der Waals surface area (Å²) in [4.78, 5) is 18.8. The van der Waals surface area contributed by atoms with Gasteiger partial charge >= 0.3 is 6.09 Å². The number of piperidine rings is 1. The Balaban J connectivity index is 1.24. The van der Waals surface area contributed by atoms with Gasteiger partial charge in [0, 0.05) is 42.9 Å². The summed E-state index contributed by atoms with van der Waals surface area (Å²) in [6.45, 7) is 12.7. The number of benzene rings is 1. The second kappa shape index (κ2) is 10.6. The molecule has 212 valence electrons. The van der Waals surface area contributed by atoms with Crippen LogP contribution in [0.5, 0.6) is 0 Å².